The summed E-state index contributed by atoms with van der Waals surface area (Å²) in [7, 11) is 1.80. The Morgan fingerprint density at radius 3 is 2.80 bits per heavy atom. The highest BCUT2D eigenvalue weighted by Gasteiger charge is 2.33. The molecule has 1 saturated heterocycles. The molecule has 1 N–H and O–H groups in total. The van der Waals surface area contributed by atoms with Gasteiger partial charge in [0.2, 0.25) is 0 Å². The summed E-state index contributed by atoms with van der Waals surface area (Å²) in [6, 6.07) is 0. The summed E-state index contributed by atoms with van der Waals surface area (Å²) in [5.41, 5.74) is 0.384. The molecule has 1 rings (SSSR count). The van der Waals surface area contributed by atoms with Crippen LogP contribution in [-0.2, 0) is 4.74 Å². The Hall–Kier alpha value is -0.0800. The maximum atomic E-state index is 5.20. The molecule has 0 aromatic heterocycles. The zero-order valence-electron chi connectivity index (χ0n) is 10.6. The average Bonchev–Trinajstić information content (AvgIpc) is 2.52. The van der Waals surface area contributed by atoms with Crippen LogP contribution in [0.25, 0.3) is 0 Å². The number of hydrogen-bond donors (Lipinski definition) is 1. The Morgan fingerprint density at radius 1 is 1.33 bits per heavy atom. The standard InChI is InChI=1S/C13H27NO/c1-4-13(12(2)8-11-15-3)9-6-5-7-10-14-13/h12,14H,4-11H2,1-3H3. The van der Waals surface area contributed by atoms with Gasteiger partial charge < -0.3 is 10.1 Å². The lowest BCUT2D eigenvalue weighted by Crippen LogP contribution is -2.49. The maximum Gasteiger partial charge on any atom is 0.0465 e. The molecule has 0 amide bonds. The van der Waals surface area contributed by atoms with Crippen molar-refractivity contribution in [3.63, 3.8) is 0 Å². The Labute approximate surface area is 94.8 Å². The van der Waals surface area contributed by atoms with Gasteiger partial charge in [0.15, 0.2) is 0 Å². The summed E-state index contributed by atoms with van der Waals surface area (Å²) in [6.07, 6.45) is 7.90. The normalized spacial score (nSPS) is 29.8. The molecule has 0 spiro atoms. The molecule has 90 valence electrons. The largest absolute Gasteiger partial charge is 0.385 e. The summed E-state index contributed by atoms with van der Waals surface area (Å²) in [6.45, 7) is 6.79. The quantitative estimate of drug-likeness (QED) is 0.758. The molecule has 2 nitrogen and oxygen atoms in total. The second kappa shape index (κ2) is 6.49. The predicted octanol–water partition coefficient (Wildman–Crippen LogP) is 2.97. The van der Waals surface area contributed by atoms with Crippen molar-refractivity contribution in [1.29, 1.82) is 0 Å². The van der Waals surface area contributed by atoms with Crippen LogP contribution in [0.3, 0.4) is 0 Å². The van der Waals surface area contributed by atoms with E-state index >= 15 is 0 Å². The third-order valence-electron chi connectivity index (χ3n) is 4.11. The van der Waals surface area contributed by atoms with Crippen LogP contribution in [-0.4, -0.2) is 25.8 Å². The third kappa shape index (κ3) is 3.46. The van der Waals surface area contributed by atoms with Gasteiger partial charge in [-0.25, -0.2) is 0 Å². The molecule has 2 unspecified atom stereocenters. The van der Waals surface area contributed by atoms with Gasteiger partial charge in [0, 0.05) is 19.3 Å². The molecule has 2 atom stereocenters. The van der Waals surface area contributed by atoms with Crippen molar-refractivity contribution in [2.75, 3.05) is 20.3 Å². The Balaban J connectivity index is 2.55. The lowest BCUT2D eigenvalue weighted by Gasteiger charge is -2.39. The second-order valence-electron chi connectivity index (χ2n) is 4.93. The van der Waals surface area contributed by atoms with Crippen LogP contribution in [0.4, 0.5) is 0 Å². The fourth-order valence-electron chi connectivity index (χ4n) is 2.81. The highest BCUT2D eigenvalue weighted by molar-refractivity contribution is 4.92. The van der Waals surface area contributed by atoms with Crippen LogP contribution < -0.4 is 5.32 Å². The zero-order valence-corrected chi connectivity index (χ0v) is 10.6. The minimum atomic E-state index is 0.384. The van der Waals surface area contributed by atoms with Crippen molar-refractivity contribution in [3.05, 3.63) is 0 Å². The zero-order chi connectivity index (χ0) is 11.1. The van der Waals surface area contributed by atoms with Gasteiger partial charge in [-0.15, -0.1) is 0 Å². The molecule has 0 saturated carbocycles. The first-order valence-corrected chi connectivity index (χ1v) is 6.49. The summed E-state index contributed by atoms with van der Waals surface area (Å²) >= 11 is 0. The van der Waals surface area contributed by atoms with Gasteiger partial charge in [-0.2, -0.15) is 0 Å². The molecular formula is C13H27NO. The van der Waals surface area contributed by atoms with Gasteiger partial charge in [0.25, 0.3) is 0 Å². The van der Waals surface area contributed by atoms with Crippen molar-refractivity contribution in [1.82, 2.24) is 5.32 Å². The lowest BCUT2D eigenvalue weighted by atomic mass is 9.77. The number of methoxy groups -OCH3 is 1. The monoisotopic (exact) mass is 213 g/mol. The lowest BCUT2D eigenvalue weighted by molar-refractivity contribution is 0.132. The highest BCUT2D eigenvalue weighted by atomic mass is 16.5. The summed E-state index contributed by atoms with van der Waals surface area (Å²) in [5, 5.41) is 3.80. The second-order valence-corrected chi connectivity index (χ2v) is 4.93. The van der Waals surface area contributed by atoms with Crippen LogP contribution in [0.15, 0.2) is 0 Å². The van der Waals surface area contributed by atoms with Crippen LogP contribution in [0.2, 0.25) is 0 Å². The van der Waals surface area contributed by atoms with Gasteiger partial charge in [-0.3, -0.25) is 0 Å². The van der Waals surface area contributed by atoms with Gasteiger partial charge >= 0.3 is 0 Å². The molecule has 2 heteroatoms. The van der Waals surface area contributed by atoms with Crippen molar-refractivity contribution in [2.24, 2.45) is 5.92 Å². The topological polar surface area (TPSA) is 21.3 Å². The minimum absolute atomic E-state index is 0.384. The highest BCUT2D eigenvalue weighted by Crippen LogP contribution is 2.31. The Morgan fingerprint density at radius 2 is 2.13 bits per heavy atom. The van der Waals surface area contributed by atoms with Gasteiger partial charge in [-0.1, -0.05) is 26.7 Å². The molecule has 0 aliphatic carbocycles. The van der Waals surface area contributed by atoms with E-state index in [-0.39, 0.29) is 0 Å². The smallest absolute Gasteiger partial charge is 0.0465 e. The van der Waals surface area contributed by atoms with E-state index in [1.807, 2.05) is 0 Å². The predicted molar refractivity (Wildman–Crippen MR) is 65.1 cm³/mol. The molecule has 0 aromatic carbocycles. The van der Waals surface area contributed by atoms with Gasteiger partial charge in [0.05, 0.1) is 0 Å². The molecule has 0 radical (unpaired) electrons. The summed E-state index contributed by atoms with van der Waals surface area (Å²) in [5.74, 6) is 0.723. The summed E-state index contributed by atoms with van der Waals surface area (Å²) < 4.78 is 5.20. The van der Waals surface area contributed by atoms with Crippen molar-refractivity contribution < 1.29 is 4.74 Å². The van der Waals surface area contributed by atoms with Crippen molar-refractivity contribution >= 4 is 0 Å². The van der Waals surface area contributed by atoms with Crippen LogP contribution in [0.5, 0.6) is 0 Å². The van der Waals surface area contributed by atoms with Crippen molar-refractivity contribution in [3.8, 4) is 0 Å². The van der Waals surface area contributed by atoms with E-state index < -0.39 is 0 Å². The molecule has 0 bridgehead atoms. The molecule has 1 aliphatic heterocycles. The number of nitrogens with one attached hydrogen (secondary N) is 1. The summed E-state index contributed by atoms with van der Waals surface area (Å²) in [4.78, 5) is 0. The fourth-order valence-corrected chi connectivity index (χ4v) is 2.81. The van der Waals surface area contributed by atoms with E-state index in [0.717, 1.165) is 12.5 Å². The SMILES string of the molecule is CCC1(C(C)CCOC)CCCCCN1. The van der Waals surface area contributed by atoms with Crippen molar-refractivity contribution in [2.45, 2.75) is 57.9 Å². The van der Waals surface area contributed by atoms with E-state index in [4.69, 9.17) is 4.74 Å². The molecule has 1 aliphatic rings. The molecule has 1 heterocycles. The molecule has 0 aromatic rings. The molecule has 15 heavy (non-hydrogen) atoms. The van der Waals surface area contributed by atoms with E-state index in [2.05, 4.69) is 19.2 Å². The third-order valence-corrected chi connectivity index (χ3v) is 4.11. The number of rotatable bonds is 5. The first-order chi connectivity index (χ1) is 7.25. The van der Waals surface area contributed by atoms with E-state index in [1.54, 1.807) is 7.11 Å². The van der Waals surface area contributed by atoms with E-state index in [0.29, 0.717) is 5.54 Å². The van der Waals surface area contributed by atoms with Gasteiger partial charge in [0.1, 0.15) is 0 Å². The first kappa shape index (κ1) is 13.0. The first-order valence-electron chi connectivity index (χ1n) is 6.49. The number of ether oxygens (including phenoxy) is 1. The van der Waals surface area contributed by atoms with Crippen LogP contribution >= 0.6 is 0 Å². The fraction of sp³-hybridized carbons (Fsp3) is 1.00. The van der Waals surface area contributed by atoms with E-state index in [1.165, 1.54) is 45.1 Å². The number of hydrogen-bond acceptors (Lipinski definition) is 2. The van der Waals surface area contributed by atoms with E-state index in [9.17, 15) is 0 Å². The molecular weight excluding hydrogens is 186 g/mol. The Bertz CT molecular complexity index is 162. The van der Waals surface area contributed by atoms with Crippen LogP contribution in [0.1, 0.15) is 52.4 Å². The van der Waals surface area contributed by atoms with Gasteiger partial charge in [-0.05, 0) is 38.1 Å². The Kier molecular flexibility index (Phi) is 5.62. The maximum absolute atomic E-state index is 5.20. The average molecular weight is 213 g/mol. The van der Waals surface area contributed by atoms with Crippen LogP contribution in [0, 0.1) is 5.92 Å². The molecule has 1 fully saturated rings. The minimum Gasteiger partial charge on any atom is -0.385 e.